The first-order chi connectivity index (χ1) is 9.81. The average Bonchev–Trinajstić information content (AvgIpc) is 2.41. The van der Waals surface area contributed by atoms with Crippen LogP contribution in [-0.4, -0.2) is 24.5 Å². The Kier molecular flexibility index (Phi) is 4.29. The number of hydrogen-bond acceptors (Lipinski definition) is 4. The third-order valence-corrected chi connectivity index (χ3v) is 4.93. The van der Waals surface area contributed by atoms with E-state index in [1.807, 2.05) is 0 Å². The molecule has 1 N–H and O–H groups in total. The number of halogens is 1. The van der Waals surface area contributed by atoms with E-state index in [1.54, 1.807) is 19.1 Å². The van der Waals surface area contributed by atoms with E-state index >= 15 is 0 Å². The highest BCUT2D eigenvalue weighted by atomic mass is 35.5. The molecule has 21 heavy (non-hydrogen) atoms. The molecule has 0 amide bonds. The standard InChI is InChI=1S/C14H12ClNO4S/c1-9-3-2-6-16-13(9)8-21(19,20)10-4-5-12(15)11(7-10)14(17)18/h2-7H,8H2,1H3,(H,17,18). The molecule has 1 heterocycles. The first kappa shape index (κ1) is 15.5. The number of sulfone groups is 1. The van der Waals surface area contributed by atoms with Gasteiger partial charge in [0.2, 0.25) is 0 Å². The minimum Gasteiger partial charge on any atom is -0.478 e. The van der Waals surface area contributed by atoms with E-state index < -0.39 is 15.8 Å². The van der Waals surface area contributed by atoms with Crippen LogP contribution in [0, 0.1) is 6.92 Å². The van der Waals surface area contributed by atoms with E-state index in [-0.39, 0.29) is 21.2 Å². The molecule has 1 aromatic heterocycles. The fourth-order valence-corrected chi connectivity index (χ4v) is 3.39. The smallest absolute Gasteiger partial charge is 0.337 e. The van der Waals surface area contributed by atoms with Crippen LogP contribution in [0.5, 0.6) is 0 Å². The largest absolute Gasteiger partial charge is 0.478 e. The van der Waals surface area contributed by atoms with Gasteiger partial charge in [-0.3, -0.25) is 4.98 Å². The topological polar surface area (TPSA) is 84.3 Å². The molecule has 0 atom stereocenters. The SMILES string of the molecule is Cc1cccnc1CS(=O)(=O)c1ccc(Cl)c(C(=O)O)c1. The van der Waals surface area contributed by atoms with Gasteiger partial charge in [-0.2, -0.15) is 0 Å². The zero-order valence-electron chi connectivity index (χ0n) is 11.1. The second-order valence-corrected chi connectivity index (χ2v) is 6.87. The van der Waals surface area contributed by atoms with Crippen LogP contribution >= 0.6 is 11.6 Å². The summed E-state index contributed by atoms with van der Waals surface area (Å²) in [4.78, 5) is 15.0. The van der Waals surface area contributed by atoms with E-state index in [9.17, 15) is 13.2 Å². The molecule has 0 saturated heterocycles. The molecule has 2 aromatic rings. The summed E-state index contributed by atoms with van der Waals surface area (Å²) < 4.78 is 24.7. The molecule has 1 aromatic carbocycles. The van der Waals surface area contributed by atoms with Crippen LogP contribution in [0.4, 0.5) is 0 Å². The maximum absolute atomic E-state index is 12.4. The Morgan fingerprint density at radius 3 is 2.67 bits per heavy atom. The third kappa shape index (κ3) is 3.40. The second kappa shape index (κ2) is 5.83. The van der Waals surface area contributed by atoms with Crippen LogP contribution < -0.4 is 0 Å². The number of aromatic carboxylic acids is 1. The van der Waals surface area contributed by atoms with E-state index in [2.05, 4.69) is 4.98 Å². The number of aryl methyl sites for hydroxylation is 1. The number of benzene rings is 1. The predicted molar refractivity (Wildman–Crippen MR) is 78.3 cm³/mol. The summed E-state index contributed by atoms with van der Waals surface area (Å²) in [6, 6.07) is 7.11. The molecule has 0 bridgehead atoms. The van der Waals surface area contributed by atoms with Gasteiger partial charge < -0.3 is 5.11 Å². The summed E-state index contributed by atoms with van der Waals surface area (Å²) in [5.74, 6) is -1.56. The fraction of sp³-hybridized carbons (Fsp3) is 0.143. The van der Waals surface area contributed by atoms with Crippen molar-refractivity contribution in [1.82, 2.24) is 4.98 Å². The maximum Gasteiger partial charge on any atom is 0.337 e. The lowest BCUT2D eigenvalue weighted by atomic mass is 10.2. The normalized spacial score (nSPS) is 11.3. The number of carbonyl (C=O) groups is 1. The Labute approximate surface area is 127 Å². The van der Waals surface area contributed by atoms with Crippen molar-refractivity contribution < 1.29 is 18.3 Å². The van der Waals surface area contributed by atoms with Crippen LogP contribution in [0.15, 0.2) is 41.4 Å². The van der Waals surface area contributed by atoms with Crippen LogP contribution in [0.3, 0.4) is 0 Å². The summed E-state index contributed by atoms with van der Waals surface area (Å²) in [5.41, 5.74) is 0.952. The number of nitrogens with zero attached hydrogens (tertiary/aromatic N) is 1. The van der Waals surface area contributed by atoms with Gasteiger partial charge >= 0.3 is 5.97 Å². The average molecular weight is 326 g/mol. The summed E-state index contributed by atoms with van der Waals surface area (Å²) in [7, 11) is -3.69. The Balaban J connectivity index is 2.43. The highest BCUT2D eigenvalue weighted by Gasteiger charge is 2.20. The summed E-state index contributed by atoms with van der Waals surface area (Å²) in [6.45, 7) is 1.77. The fourth-order valence-electron chi connectivity index (χ4n) is 1.79. The highest BCUT2D eigenvalue weighted by molar-refractivity contribution is 7.90. The van der Waals surface area contributed by atoms with Gasteiger partial charge in [-0.1, -0.05) is 17.7 Å². The monoisotopic (exact) mass is 325 g/mol. The Morgan fingerprint density at radius 1 is 1.33 bits per heavy atom. The number of rotatable bonds is 4. The van der Waals surface area contributed by atoms with Gasteiger partial charge in [-0.25, -0.2) is 13.2 Å². The molecule has 0 radical (unpaired) electrons. The minimum absolute atomic E-state index is 0.00420. The molecule has 0 fully saturated rings. The van der Waals surface area contributed by atoms with Crippen LogP contribution in [-0.2, 0) is 15.6 Å². The number of hydrogen-bond donors (Lipinski definition) is 1. The van der Waals surface area contributed by atoms with Gasteiger partial charge in [-0.15, -0.1) is 0 Å². The van der Waals surface area contributed by atoms with Gasteiger partial charge in [-0.05, 0) is 36.8 Å². The molecular weight excluding hydrogens is 314 g/mol. The van der Waals surface area contributed by atoms with Crippen LogP contribution in [0.1, 0.15) is 21.6 Å². The minimum atomic E-state index is -3.69. The molecule has 7 heteroatoms. The maximum atomic E-state index is 12.4. The quantitative estimate of drug-likeness (QED) is 0.934. The molecule has 2 rings (SSSR count). The van der Waals surface area contributed by atoms with Crippen molar-refractivity contribution in [2.24, 2.45) is 0 Å². The van der Waals surface area contributed by atoms with Crippen molar-refractivity contribution >= 4 is 27.4 Å². The number of carboxylic acid groups (broad SMARTS) is 1. The van der Waals surface area contributed by atoms with E-state index in [0.29, 0.717) is 5.69 Å². The van der Waals surface area contributed by atoms with Crippen molar-refractivity contribution in [3.8, 4) is 0 Å². The number of aromatic nitrogens is 1. The summed E-state index contributed by atoms with van der Waals surface area (Å²) in [5, 5.41) is 8.99. The summed E-state index contributed by atoms with van der Waals surface area (Å²) in [6.07, 6.45) is 1.52. The van der Waals surface area contributed by atoms with Gasteiger partial charge in [0.25, 0.3) is 0 Å². The third-order valence-electron chi connectivity index (χ3n) is 2.97. The molecule has 0 spiro atoms. The molecule has 0 aliphatic heterocycles. The predicted octanol–water partition coefficient (Wildman–Crippen LogP) is 2.72. The van der Waals surface area contributed by atoms with Crippen molar-refractivity contribution in [3.63, 3.8) is 0 Å². The Bertz CT molecular complexity index is 802. The first-order valence-corrected chi connectivity index (χ1v) is 8.00. The molecule has 5 nitrogen and oxygen atoms in total. The van der Waals surface area contributed by atoms with Crippen LogP contribution in [0.25, 0.3) is 0 Å². The zero-order valence-corrected chi connectivity index (χ0v) is 12.6. The molecule has 0 aliphatic rings. The van der Waals surface area contributed by atoms with Crippen molar-refractivity contribution in [1.29, 1.82) is 0 Å². The summed E-state index contributed by atoms with van der Waals surface area (Å²) >= 11 is 5.74. The van der Waals surface area contributed by atoms with E-state index in [4.69, 9.17) is 16.7 Å². The van der Waals surface area contributed by atoms with Gasteiger partial charge in [0, 0.05) is 6.20 Å². The van der Waals surface area contributed by atoms with Crippen LogP contribution in [0.2, 0.25) is 5.02 Å². The molecule has 0 unspecified atom stereocenters. The van der Waals surface area contributed by atoms with Crippen molar-refractivity contribution in [2.45, 2.75) is 17.6 Å². The molecule has 0 saturated carbocycles. The molecule has 110 valence electrons. The molecule has 0 aliphatic carbocycles. The lowest BCUT2D eigenvalue weighted by Gasteiger charge is -2.08. The lowest BCUT2D eigenvalue weighted by molar-refractivity contribution is 0.0697. The van der Waals surface area contributed by atoms with Crippen molar-refractivity contribution in [2.75, 3.05) is 0 Å². The van der Waals surface area contributed by atoms with Gasteiger partial charge in [0.1, 0.15) is 0 Å². The van der Waals surface area contributed by atoms with Gasteiger partial charge in [0.05, 0.1) is 26.9 Å². The zero-order chi connectivity index (χ0) is 15.6. The lowest BCUT2D eigenvalue weighted by Crippen LogP contribution is -2.09. The van der Waals surface area contributed by atoms with E-state index in [1.165, 1.54) is 18.3 Å². The highest BCUT2D eigenvalue weighted by Crippen LogP contribution is 2.23. The number of carboxylic acids is 1. The first-order valence-electron chi connectivity index (χ1n) is 5.97. The molecular formula is C14H12ClNO4S. The van der Waals surface area contributed by atoms with Crippen molar-refractivity contribution in [3.05, 3.63) is 58.4 Å². The van der Waals surface area contributed by atoms with E-state index in [0.717, 1.165) is 11.6 Å². The number of pyridine rings is 1. The Morgan fingerprint density at radius 2 is 2.05 bits per heavy atom. The van der Waals surface area contributed by atoms with Gasteiger partial charge in [0.15, 0.2) is 9.84 Å². The Hall–Kier alpha value is -1.92. The second-order valence-electron chi connectivity index (χ2n) is 4.47.